The Morgan fingerprint density at radius 2 is 2.14 bits per heavy atom. The van der Waals surface area contributed by atoms with E-state index in [-0.39, 0.29) is 0 Å². The second-order valence-corrected chi connectivity index (χ2v) is 8.13. The Bertz CT molecular complexity index is 1050. The van der Waals surface area contributed by atoms with Crippen LogP contribution in [0.3, 0.4) is 0 Å². The van der Waals surface area contributed by atoms with Crippen molar-refractivity contribution >= 4 is 50.6 Å². The van der Waals surface area contributed by atoms with Gasteiger partial charge in [0, 0.05) is 35.9 Å². The maximum Gasteiger partial charge on any atom is 0.142 e. The van der Waals surface area contributed by atoms with Crippen LogP contribution in [-0.2, 0) is 12.8 Å². The zero-order valence-corrected chi connectivity index (χ0v) is 16.8. The van der Waals surface area contributed by atoms with Crippen molar-refractivity contribution in [2.24, 2.45) is 0 Å². The standard InChI is InChI=1S/C21H24N6S/c1-3-8-27(2)17-10-15(23)13(11-22)9-16(17)26-20-19-14-6-4-5-7-18(14)28-21(19)25-12-24-20/h3,9-12,22H,1,4-8,23H2,2H3,(H,24,25,26). The second kappa shape index (κ2) is 7.59. The van der Waals surface area contributed by atoms with E-state index in [1.807, 2.05) is 25.3 Å². The number of fused-ring (bicyclic) bond motifs is 3. The van der Waals surface area contributed by atoms with Crippen LogP contribution < -0.4 is 16.0 Å². The average Bonchev–Trinajstić information content (AvgIpc) is 3.08. The molecule has 0 saturated carbocycles. The summed E-state index contributed by atoms with van der Waals surface area (Å²) >= 11 is 1.78. The molecule has 1 aromatic carbocycles. The van der Waals surface area contributed by atoms with Gasteiger partial charge < -0.3 is 21.4 Å². The monoisotopic (exact) mass is 392 g/mol. The molecule has 4 N–H and O–H groups in total. The number of nitrogens with zero attached hydrogens (tertiary/aromatic N) is 3. The number of rotatable bonds is 6. The number of nitrogens with one attached hydrogen (secondary N) is 2. The molecule has 2 heterocycles. The molecule has 0 aliphatic heterocycles. The van der Waals surface area contributed by atoms with Gasteiger partial charge >= 0.3 is 0 Å². The molecule has 144 valence electrons. The number of thiophene rings is 1. The minimum atomic E-state index is 0.576. The molecule has 0 amide bonds. The van der Waals surface area contributed by atoms with E-state index in [9.17, 15) is 0 Å². The van der Waals surface area contributed by atoms with Gasteiger partial charge in [-0.3, -0.25) is 0 Å². The van der Waals surface area contributed by atoms with Crippen molar-refractivity contribution in [1.82, 2.24) is 9.97 Å². The maximum absolute atomic E-state index is 7.66. The molecule has 0 bridgehead atoms. The second-order valence-electron chi connectivity index (χ2n) is 7.05. The highest BCUT2D eigenvalue weighted by Gasteiger charge is 2.21. The summed E-state index contributed by atoms with van der Waals surface area (Å²) < 4.78 is 0. The number of nitrogen functional groups attached to an aromatic ring is 1. The molecule has 0 radical (unpaired) electrons. The summed E-state index contributed by atoms with van der Waals surface area (Å²) in [5.74, 6) is 0.818. The van der Waals surface area contributed by atoms with Gasteiger partial charge in [-0.05, 0) is 43.4 Å². The van der Waals surface area contributed by atoms with E-state index in [1.54, 1.807) is 17.7 Å². The molecule has 6 nitrogen and oxygen atoms in total. The Balaban J connectivity index is 1.83. The van der Waals surface area contributed by atoms with E-state index >= 15 is 0 Å². The van der Waals surface area contributed by atoms with E-state index in [1.165, 1.54) is 29.5 Å². The van der Waals surface area contributed by atoms with Crippen LogP contribution in [-0.4, -0.2) is 29.8 Å². The molecule has 1 aliphatic carbocycles. The minimum absolute atomic E-state index is 0.576. The van der Waals surface area contributed by atoms with Gasteiger partial charge in [-0.1, -0.05) is 6.08 Å². The van der Waals surface area contributed by atoms with E-state index in [0.717, 1.165) is 40.3 Å². The van der Waals surface area contributed by atoms with Gasteiger partial charge in [0.05, 0.1) is 16.8 Å². The number of aryl methyl sites for hydroxylation is 2. The van der Waals surface area contributed by atoms with Gasteiger partial charge in [-0.15, -0.1) is 17.9 Å². The molecule has 0 atom stereocenters. The highest BCUT2D eigenvalue weighted by molar-refractivity contribution is 7.19. The molecule has 0 spiro atoms. The molecule has 28 heavy (non-hydrogen) atoms. The summed E-state index contributed by atoms with van der Waals surface area (Å²) in [5, 5.41) is 12.3. The maximum atomic E-state index is 7.66. The fourth-order valence-electron chi connectivity index (χ4n) is 3.77. The number of hydrogen-bond acceptors (Lipinski definition) is 7. The third-order valence-electron chi connectivity index (χ3n) is 5.18. The predicted octanol–water partition coefficient (Wildman–Crippen LogP) is 4.52. The van der Waals surface area contributed by atoms with Crippen molar-refractivity contribution in [2.75, 3.05) is 29.5 Å². The Hall–Kier alpha value is -2.93. The number of aromatic nitrogens is 2. The summed E-state index contributed by atoms with van der Waals surface area (Å²) in [6.45, 7) is 4.52. The van der Waals surface area contributed by atoms with Crippen LogP contribution in [0, 0.1) is 5.41 Å². The van der Waals surface area contributed by atoms with E-state index in [4.69, 9.17) is 11.1 Å². The zero-order chi connectivity index (χ0) is 19.7. The Morgan fingerprint density at radius 1 is 1.32 bits per heavy atom. The first-order chi connectivity index (χ1) is 13.6. The van der Waals surface area contributed by atoms with Crippen LogP contribution in [0.15, 0.2) is 31.1 Å². The van der Waals surface area contributed by atoms with Gasteiger partial charge in [0.15, 0.2) is 0 Å². The lowest BCUT2D eigenvalue weighted by atomic mass is 9.97. The molecule has 2 aromatic heterocycles. The van der Waals surface area contributed by atoms with E-state index in [2.05, 4.69) is 26.8 Å². The van der Waals surface area contributed by atoms with Gasteiger partial charge in [0.2, 0.25) is 0 Å². The van der Waals surface area contributed by atoms with Gasteiger partial charge in [-0.2, -0.15) is 0 Å². The van der Waals surface area contributed by atoms with Crippen molar-refractivity contribution < 1.29 is 0 Å². The van der Waals surface area contributed by atoms with Crippen LogP contribution in [0.25, 0.3) is 10.2 Å². The van der Waals surface area contributed by atoms with Crippen molar-refractivity contribution in [3.63, 3.8) is 0 Å². The van der Waals surface area contributed by atoms with Crippen LogP contribution in [0.4, 0.5) is 22.9 Å². The lowest BCUT2D eigenvalue weighted by Gasteiger charge is -2.23. The normalized spacial score (nSPS) is 13.2. The van der Waals surface area contributed by atoms with Gasteiger partial charge in [-0.25, -0.2) is 9.97 Å². The number of likely N-dealkylation sites (N-methyl/N-ethyl adjacent to an activating group) is 1. The van der Waals surface area contributed by atoms with Crippen LogP contribution in [0.1, 0.15) is 28.8 Å². The first-order valence-electron chi connectivity index (χ1n) is 9.40. The molecular weight excluding hydrogens is 368 g/mol. The fraction of sp³-hybridized carbons (Fsp3) is 0.286. The molecule has 1 aliphatic rings. The van der Waals surface area contributed by atoms with Gasteiger partial charge in [0.25, 0.3) is 0 Å². The van der Waals surface area contributed by atoms with Crippen molar-refractivity contribution in [1.29, 1.82) is 5.41 Å². The summed E-state index contributed by atoms with van der Waals surface area (Å²) in [7, 11) is 1.99. The zero-order valence-electron chi connectivity index (χ0n) is 16.0. The summed E-state index contributed by atoms with van der Waals surface area (Å²) in [6.07, 6.45) is 9.40. The summed E-state index contributed by atoms with van der Waals surface area (Å²) in [4.78, 5) is 13.6. The highest BCUT2D eigenvalue weighted by atomic mass is 32.1. The Morgan fingerprint density at radius 3 is 2.93 bits per heavy atom. The van der Waals surface area contributed by atoms with Crippen molar-refractivity contribution in [3.8, 4) is 0 Å². The lowest BCUT2D eigenvalue weighted by molar-refractivity contribution is 0.700. The number of benzene rings is 1. The fourth-order valence-corrected chi connectivity index (χ4v) is 5.00. The molecule has 7 heteroatoms. The van der Waals surface area contributed by atoms with Crippen LogP contribution >= 0.6 is 11.3 Å². The molecule has 0 unspecified atom stereocenters. The largest absolute Gasteiger partial charge is 0.398 e. The third kappa shape index (κ3) is 3.22. The lowest BCUT2D eigenvalue weighted by Crippen LogP contribution is -2.18. The molecular formula is C21H24N6S. The first-order valence-corrected chi connectivity index (χ1v) is 10.2. The van der Waals surface area contributed by atoms with E-state index < -0.39 is 0 Å². The number of hydrogen-bond donors (Lipinski definition) is 3. The smallest absolute Gasteiger partial charge is 0.142 e. The molecule has 3 aromatic rings. The van der Waals surface area contributed by atoms with Gasteiger partial charge in [0.1, 0.15) is 17.0 Å². The average molecular weight is 393 g/mol. The Kier molecular flexibility index (Phi) is 5.00. The highest BCUT2D eigenvalue weighted by Crippen LogP contribution is 2.40. The minimum Gasteiger partial charge on any atom is -0.398 e. The molecule has 4 rings (SSSR count). The third-order valence-corrected chi connectivity index (χ3v) is 6.38. The quantitative estimate of drug-likeness (QED) is 0.326. The summed E-state index contributed by atoms with van der Waals surface area (Å²) in [6, 6.07) is 3.80. The SMILES string of the molecule is C=CCN(C)c1cc(N)c(C=N)cc1Nc1ncnc2sc3c(c12)CCCC3. The van der Waals surface area contributed by atoms with E-state index in [0.29, 0.717) is 17.8 Å². The topological polar surface area (TPSA) is 90.9 Å². The van der Waals surface area contributed by atoms with Crippen molar-refractivity contribution in [2.45, 2.75) is 25.7 Å². The molecule has 0 fully saturated rings. The van der Waals surface area contributed by atoms with Crippen LogP contribution in [0.2, 0.25) is 0 Å². The summed E-state index contributed by atoms with van der Waals surface area (Å²) in [5.41, 5.74) is 10.6. The van der Waals surface area contributed by atoms with Crippen molar-refractivity contribution in [3.05, 3.63) is 47.1 Å². The first kappa shape index (κ1) is 18.4. The van der Waals surface area contributed by atoms with Crippen LogP contribution in [0.5, 0.6) is 0 Å². The Labute approximate surface area is 168 Å². The predicted molar refractivity (Wildman–Crippen MR) is 120 cm³/mol. The number of nitrogens with two attached hydrogens (primary N) is 1. The number of anilines is 4. The molecule has 0 saturated heterocycles.